The molecule has 8 heteroatoms. The first-order valence-electron chi connectivity index (χ1n) is 9.46. The van der Waals surface area contributed by atoms with Gasteiger partial charge in [-0.3, -0.25) is 24.6 Å². The summed E-state index contributed by atoms with van der Waals surface area (Å²) in [6.07, 6.45) is 0. The average Bonchev–Trinajstić information content (AvgIpc) is 2.91. The number of non-ortho nitro benzene ring substituents is 1. The van der Waals surface area contributed by atoms with E-state index in [9.17, 15) is 24.5 Å². The maximum absolute atomic E-state index is 13.0. The van der Waals surface area contributed by atoms with Crippen molar-refractivity contribution in [1.82, 2.24) is 10.2 Å². The Bertz CT molecular complexity index is 1020. The van der Waals surface area contributed by atoms with E-state index >= 15 is 0 Å². The lowest BCUT2D eigenvalue weighted by Gasteiger charge is -2.22. The number of imide groups is 1. The Hall–Kier alpha value is -3.55. The number of hydrogen-bond donors (Lipinski definition) is 1. The lowest BCUT2D eigenvalue weighted by atomic mass is 9.86. The number of nitro benzene ring substituents is 1. The maximum Gasteiger partial charge on any atom is 0.325 e. The number of nitrogens with one attached hydrogen (secondary N) is 1. The third kappa shape index (κ3) is 3.80. The van der Waals surface area contributed by atoms with Crippen LogP contribution in [0.3, 0.4) is 0 Å². The molecule has 2 aromatic carbocycles. The summed E-state index contributed by atoms with van der Waals surface area (Å²) in [7, 11) is 0. The second kappa shape index (κ2) is 7.37. The highest BCUT2D eigenvalue weighted by molar-refractivity contribution is 6.11. The number of rotatable bonds is 5. The molecule has 1 unspecified atom stereocenters. The Morgan fingerprint density at radius 1 is 1.07 bits per heavy atom. The molecule has 0 aliphatic carbocycles. The summed E-state index contributed by atoms with van der Waals surface area (Å²) in [5, 5.41) is 13.4. The van der Waals surface area contributed by atoms with Crippen LogP contribution in [-0.2, 0) is 15.7 Å². The largest absolute Gasteiger partial charge is 0.325 e. The second-order valence-corrected chi connectivity index (χ2v) is 8.50. The minimum Gasteiger partial charge on any atom is -0.319 e. The first kappa shape index (κ1) is 21.2. The molecule has 0 bridgehead atoms. The van der Waals surface area contributed by atoms with Crippen molar-refractivity contribution in [3.05, 3.63) is 75.3 Å². The zero-order valence-electron chi connectivity index (χ0n) is 17.3. The zero-order valence-corrected chi connectivity index (χ0v) is 17.3. The number of ketones is 1. The van der Waals surface area contributed by atoms with Gasteiger partial charge in [0.2, 0.25) is 0 Å². The topological polar surface area (TPSA) is 110 Å². The molecule has 2 aromatic rings. The summed E-state index contributed by atoms with van der Waals surface area (Å²) in [6.45, 7) is 7.32. The molecule has 156 valence electrons. The molecule has 1 saturated heterocycles. The molecule has 30 heavy (non-hydrogen) atoms. The van der Waals surface area contributed by atoms with Crippen LogP contribution in [0.5, 0.6) is 0 Å². The average molecular weight is 409 g/mol. The van der Waals surface area contributed by atoms with Crippen molar-refractivity contribution in [2.75, 3.05) is 6.54 Å². The summed E-state index contributed by atoms with van der Waals surface area (Å²) >= 11 is 0. The van der Waals surface area contributed by atoms with Gasteiger partial charge < -0.3 is 5.32 Å². The summed E-state index contributed by atoms with van der Waals surface area (Å²) in [5.41, 5.74) is 0.301. The van der Waals surface area contributed by atoms with Crippen LogP contribution in [-0.4, -0.2) is 34.1 Å². The SMILES string of the molecule is CC(C)(C)c1ccc(C(=O)CN2C(=O)NC(C)(c3ccc([N+](=O)[O-])cc3)C2=O)cc1. The second-order valence-electron chi connectivity index (χ2n) is 8.50. The van der Waals surface area contributed by atoms with Gasteiger partial charge >= 0.3 is 6.03 Å². The van der Waals surface area contributed by atoms with Crippen LogP contribution in [0.25, 0.3) is 0 Å². The van der Waals surface area contributed by atoms with E-state index < -0.39 is 22.4 Å². The van der Waals surface area contributed by atoms with Crippen LogP contribution in [0.15, 0.2) is 48.5 Å². The van der Waals surface area contributed by atoms with Gasteiger partial charge in [0.1, 0.15) is 5.54 Å². The number of nitrogens with zero attached hydrogens (tertiary/aromatic N) is 2. The molecule has 8 nitrogen and oxygen atoms in total. The van der Waals surface area contributed by atoms with Crippen molar-refractivity contribution in [1.29, 1.82) is 0 Å². The molecular weight excluding hydrogens is 386 g/mol. The Morgan fingerprint density at radius 2 is 1.63 bits per heavy atom. The molecule has 1 heterocycles. The molecule has 0 radical (unpaired) electrons. The van der Waals surface area contributed by atoms with Crippen molar-refractivity contribution in [2.24, 2.45) is 0 Å². The van der Waals surface area contributed by atoms with E-state index in [4.69, 9.17) is 0 Å². The van der Waals surface area contributed by atoms with E-state index in [1.54, 1.807) is 12.1 Å². The molecule has 0 aromatic heterocycles. The lowest BCUT2D eigenvalue weighted by Crippen LogP contribution is -2.41. The highest BCUT2D eigenvalue weighted by Crippen LogP contribution is 2.30. The van der Waals surface area contributed by atoms with Gasteiger partial charge in [0.05, 0.1) is 11.5 Å². The summed E-state index contributed by atoms with van der Waals surface area (Å²) < 4.78 is 0. The third-order valence-electron chi connectivity index (χ3n) is 5.31. The van der Waals surface area contributed by atoms with Crippen molar-refractivity contribution < 1.29 is 19.3 Å². The van der Waals surface area contributed by atoms with E-state index in [0.29, 0.717) is 11.1 Å². The van der Waals surface area contributed by atoms with Crippen molar-refractivity contribution in [3.63, 3.8) is 0 Å². The zero-order chi connectivity index (χ0) is 22.3. The van der Waals surface area contributed by atoms with Crippen molar-refractivity contribution in [2.45, 2.75) is 38.6 Å². The predicted octanol–water partition coefficient (Wildman–Crippen LogP) is 3.54. The van der Waals surface area contributed by atoms with Gasteiger partial charge in [-0.1, -0.05) is 45.0 Å². The smallest absolute Gasteiger partial charge is 0.319 e. The summed E-state index contributed by atoms with van der Waals surface area (Å²) in [6, 6.07) is 11.8. The van der Waals surface area contributed by atoms with Crippen LogP contribution >= 0.6 is 0 Å². The fourth-order valence-corrected chi connectivity index (χ4v) is 3.34. The molecule has 0 saturated carbocycles. The summed E-state index contributed by atoms with van der Waals surface area (Å²) in [5.74, 6) is -0.937. The number of amides is 3. The van der Waals surface area contributed by atoms with Gasteiger partial charge in [0.15, 0.2) is 5.78 Å². The number of carbonyl (C=O) groups excluding carboxylic acids is 3. The Morgan fingerprint density at radius 3 is 2.13 bits per heavy atom. The van der Waals surface area contributed by atoms with E-state index in [-0.39, 0.29) is 23.4 Å². The standard InChI is InChI=1S/C22H23N3O5/c1-21(2,3)15-7-5-14(6-8-15)18(26)13-24-19(27)22(4,23-20(24)28)16-9-11-17(12-10-16)25(29)30/h5-12H,13H2,1-4H3,(H,23,28). The van der Waals surface area contributed by atoms with E-state index in [1.807, 2.05) is 12.1 Å². The molecule has 3 amide bonds. The minimum absolute atomic E-state index is 0.0566. The quantitative estimate of drug-likeness (QED) is 0.351. The number of nitro groups is 1. The lowest BCUT2D eigenvalue weighted by molar-refractivity contribution is -0.384. The van der Waals surface area contributed by atoms with Gasteiger partial charge in [-0.15, -0.1) is 0 Å². The molecule has 1 aliphatic heterocycles. The normalized spacial score (nSPS) is 19.0. The van der Waals surface area contributed by atoms with Crippen LogP contribution in [0, 0.1) is 10.1 Å². The molecule has 0 spiro atoms. The van der Waals surface area contributed by atoms with Crippen LogP contribution < -0.4 is 5.32 Å². The number of carbonyl (C=O) groups is 3. The maximum atomic E-state index is 13.0. The predicted molar refractivity (Wildman–Crippen MR) is 110 cm³/mol. The van der Waals surface area contributed by atoms with E-state index in [1.165, 1.54) is 31.2 Å². The monoisotopic (exact) mass is 409 g/mol. The number of urea groups is 1. The van der Waals surface area contributed by atoms with E-state index in [2.05, 4.69) is 26.1 Å². The van der Waals surface area contributed by atoms with Gasteiger partial charge in [-0.25, -0.2) is 4.79 Å². The number of benzene rings is 2. The van der Waals surface area contributed by atoms with Crippen molar-refractivity contribution in [3.8, 4) is 0 Å². The number of hydrogen-bond acceptors (Lipinski definition) is 5. The third-order valence-corrected chi connectivity index (χ3v) is 5.31. The molecule has 1 aliphatic rings. The van der Waals surface area contributed by atoms with Gasteiger partial charge in [0.25, 0.3) is 11.6 Å². The highest BCUT2D eigenvalue weighted by Gasteiger charge is 2.49. The Balaban J connectivity index is 1.79. The van der Waals surface area contributed by atoms with E-state index in [0.717, 1.165) is 10.5 Å². The van der Waals surface area contributed by atoms with Gasteiger partial charge in [-0.05, 0) is 35.6 Å². The molecule has 3 rings (SSSR count). The van der Waals surface area contributed by atoms with Crippen molar-refractivity contribution >= 4 is 23.4 Å². The fourth-order valence-electron chi connectivity index (χ4n) is 3.34. The first-order valence-corrected chi connectivity index (χ1v) is 9.46. The fraction of sp³-hybridized carbons (Fsp3) is 0.318. The first-order chi connectivity index (χ1) is 13.9. The number of Topliss-reactive ketones (excluding diaryl/α,β-unsaturated/α-hetero) is 1. The molecule has 1 N–H and O–H groups in total. The van der Waals surface area contributed by atoms with Gasteiger partial charge in [-0.2, -0.15) is 0 Å². The highest BCUT2D eigenvalue weighted by atomic mass is 16.6. The molecule has 1 fully saturated rings. The van der Waals surface area contributed by atoms with Crippen LogP contribution in [0.4, 0.5) is 10.5 Å². The Kier molecular flexibility index (Phi) is 5.20. The summed E-state index contributed by atoms with van der Waals surface area (Å²) in [4.78, 5) is 49.2. The van der Waals surface area contributed by atoms with Gasteiger partial charge in [0, 0.05) is 17.7 Å². The molecular formula is C22H23N3O5. The molecule has 1 atom stereocenters. The van der Waals surface area contributed by atoms with Crippen LogP contribution in [0.1, 0.15) is 49.2 Å². The Labute approximate surface area is 174 Å². The van der Waals surface area contributed by atoms with Crippen LogP contribution in [0.2, 0.25) is 0 Å². The minimum atomic E-state index is -1.40.